The van der Waals surface area contributed by atoms with Gasteiger partial charge in [0, 0.05) is 51.0 Å². The van der Waals surface area contributed by atoms with Gasteiger partial charge < -0.3 is 14.7 Å². The van der Waals surface area contributed by atoms with Crippen LogP contribution in [0, 0.1) is 0 Å². The SMILES string of the molecule is CN1CCCCC1CCC(=O)N1CCN(c2ncccn2)CC1. The maximum absolute atomic E-state index is 12.4. The van der Waals surface area contributed by atoms with E-state index in [4.69, 9.17) is 0 Å². The van der Waals surface area contributed by atoms with Gasteiger partial charge in [0.2, 0.25) is 11.9 Å². The molecule has 6 nitrogen and oxygen atoms in total. The normalized spacial score (nSPS) is 23.1. The van der Waals surface area contributed by atoms with Crippen LogP contribution in [0.2, 0.25) is 0 Å². The van der Waals surface area contributed by atoms with E-state index in [0.29, 0.717) is 18.4 Å². The first-order chi connectivity index (χ1) is 11.2. The van der Waals surface area contributed by atoms with Gasteiger partial charge in [-0.1, -0.05) is 6.42 Å². The first-order valence-corrected chi connectivity index (χ1v) is 8.74. The fourth-order valence-corrected chi connectivity index (χ4v) is 3.57. The van der Waals surface area contributed by atoms with Crippen LogP contribution >= 0.6 is 0 Å². The van der Waals surface area contributed by atoms with Gasteiger partial charge in [0.15, 0.2) is 0 Å². The second-order valence-corrected chi connectivity index (χ2v) is 6.59. The fourth-order valence-electron chi connectivity index (χ4n) is 3.57. The lowest BCUT2D eigenvalue weighted by Gasteiger charge is -2.36. The molecule has 1 aromatic heterocycles. The monoisotopic (exact) mass is 317 g/mol. The van der Waals surface area contributed by atoms with E-state index in [1.807, 2.05) is 11.0 Å². The molecule has 2 aliphatic heterocycles. The van der Waals surface area contributed by atoms with Gasteiger partial charge in [0.25, 0.3) is 0 Å². The number of amides is 1. The molecule has 0 saturated carbocycles. The van der Waals surface area contributed by atoms with E-state index in [2.05, 4.69) is 26.8 Å². The van der Waals surface area contributed by atoms with Gasteiger partial charge in [-0.2, -0.15) is 0 Å². The van der Waals surface area contributed by atoms with Crippen molar-refractivity contribution in [3.63, 3.8) is 0 Å². The summed E-state index contributed by atoms with van der Waals surface area (Å²) >= 11 is 0. The summed E-state index contributed by atoms with van der Waals surface area (Å²) in [4.78, 5) is 27.6. The van der Waals surface area contributed by atoms with Crippen molar-refractivity contribution in [2.24, 2.45) is 0 Å². The maximum atomic E-state index is 12.4. The van der Waals surface area contributed by atoms with Gasteiger partial charge in [0.05, 0.1) is 0 Å². The Balaban J connectivity index is 1.43. The quantitative estimate of drug-likeness (QED) is 0.840. The van der Waals surface area contributed by atoms with Crippen molar-refractivity contribution in [1.29, 1.82) is 0 Å². The van der Waals surface area contributed by atoms with Crippen molar-refractivity contribution >= 4 is 11.9 Å². The summed E-state index contributed by atoms with van der Waals surface area (Å²) in [5, 5.41) is 0. The maximum Gasteiger partial charge on any atom is 0.225 e. The summed E-state index contributed by atoms with van der Waals surface area (Å²) in [5.74, 6) is 1.07. The molecule has 126 valence electrons. The summed E-state index contributed by atoms with van der Waals surface area (Å²) in [5.41, 5.74) is 0. The van der Waals surface area contributed by atoms with Crippen LogP contribution in [0.1, 0.15) is 32.1 Å². The minimum Gasteiger partial charge on any atom is -0.339 e. The summed E-state index contributed by atoms with van der Waals surface area (Å²) in [6.45, 7) is 4.36. The smallest absolute Gasteiger partial charge is 0.225 e. The number of hydrogen-bond donors (Lipinski definition) is 0. The number of carbonyl (C=O) groups excluding carboxylic acids is 1. The van der Waals surface area contributed by atoms with Crippen molar-refractivity contribution in [2.75, 3.05) is 44.7 Å². The minimum absolute atomic E-state index is 0.303. The Kier molecular flexibility index (Phi) is 5.43. The molecule has 2 fully saturated rings. The number of rotatable bonds is 4. The summed E-state index contributed by atoms with van der Waals surface area (Å²) < 4.78 is 0. The van der Waals surface area contributed by atoms with E-state index in [9.17, 15) is 4.79 Å². The Morgan fingerprint density at radius 3 is 2.57 bits per heavy atom. The van der Waals surface area contributed by atoms with Crippen LogP contribution in [-0.4, -0.2) is 71.5 Å². The molecule has 23 heavy (non-hydrogen) atoms. The highest BCUT2D eigenvalue weighted by Gasteiger charge is 2.24. The molecule has 0 aliphatic carbocycles. The van der Waals surface area contributed by atoms with E-state index in [1.54, 1.807) is 12.4 Å². The zero-order chi connectivity index (χ0) is 16.1. The number of aromatic nitrogens is 2. The van der Waals surface area contributed by atoms with E-state index in [-0.39, 0.29) is 0 Å². The van der Waals surface area contributed by atoms with Crippen LogP contribution in [-0.2, 0) is 4.79 Å². The standard InChI is InChI=1S/C17H27N5O/c1-20-10-3-2-5-15(20)6-7-16(23)21-11-13-22(14-12-21)17-18-8-4-9-19-17/h4,8-9,15H,2-3,5-7,10-14H2,1H3. The molecule has 0 spiro atoms. The van der Waals surface area contributed by atoms with E-state index < -0.39 is 0 Å². The van der Waals surface area contributed by atoms with E-state index in [1.165, 1.54) is 25.8 Å². The number of piperidine rings is 1. The predicted molar refractivity (Wildman–Crippen MR) is 90.3 cm³/mol. The molecule has 0 radical (unpaired) electrons. The van der Waals surface area contributed by atoms with Crippen molar-refractivity contribution in [3.05, 3.63) is 18.5 Å². The predicted octanol–water partition coefficient (Wildman–Crippen LogP) is 1.39. The molecule has 3 rings (SSSR count). The zero-order valence-electron chi connectivity index (χ0n) is 14.0. The fraction of sp³-hybridized carbons (Fsp3) is 0.706. The lowest BCUT2D eigenvalue weighted by molar-refractivity contribution is -0.131. The largest absolute Gasteiger partial charge is 0.339 e. The molecule has 1 atom stereocenters. The average Bonchev–Trinajstić information content (AvgIpc) is 2.62. The second-order valence-electron chi connectivity index (χ2n) is 6.59. The molecule has 2 saturated heterocycles. The van der Waals surface area contributed by atoms with Gasteiger partial charge in [-0.05, 0) is 38.9 Å². The number of likely N-dealkylation sites (tertiary alicyclic amines) is 1. The van der Waals surface area contributed by atoms with Crippen LogP contribution in [0.4, 0.5) is 5.95 Å². The van der Waals surface area contributed by atoms with Crippen molar-refractivity contribution in [2.45, 2.75) is 38.1 Å². The van der Waals surface area contributed by atoms with Crippen LogP contribution in [0.3, 0.4) is 0 Å². The van der Waals surface area contributed by atoms with E-state index >= 15 is 0 Å². The highest BCUT2D eigenvalue weighted by Crippen LogP contribution is 2.20. The van der Waals surface area contributed by atoms with Gasteiger partial charge in [-0.3, -0.25) is 4.79 Å². The highest BCUT2D eigenvalue weighted by atomic mass is 16.2. The van der Waals surface area contributed by atoms with Gasteiger partial charge >= 0.3 is 0 Å². The minimum atomic E-state index is 0.303. The van der Waals surface area contributed by atoms with Crippen molar-refractivity contribution < 1.29 is 4.79 Å². The number of nitrogens with zero attached hydrogens (tertiary/aromatic N) is 5. The number of carbonyl (C=O) groups is 1. The topological polar surface area (TPSA) is 52.6 Å². The first-order valence-electron chi connectivity index (χ1n) is 8.74. The Labute approximate surface area is 138 Å². The molecule has 2 aliphatic rings. The molecule has 0 N–H and O–H groups in total. The number of anilines is 1. The Hall–Kier alpha value is -1.69. The van der Waals surface area contributed by atoms with Crippen LogP contribution in [0.25, 0.3) is 0 Å². The Bertz CT molecular complexity index is 501. The third kappa shape index (κ3) is 4.19. The molecular weight excluding hydrogens is 290 g/mol. The molecule has 3 heterocycles. The van der Waals surface area contributed by atoms with Crippen LogP contribution in [0.15, 0.2) is 18.5 Å². The molecular formula is C17H27N5O. The molecule has 1 unspecified atom stereocenters. The average molecular weight is 317 g/mol. The zero-order valence-corrected chi connectivity index (χ0v) is 14.0. The molecule has 6 heteroatoms. The Morgan fingerprint density at radius 1 is 1.13 bits per heavy atom. The molecule has 1 aromatic rings. The second kappa shape index (κ2) is 7.73. The Morgan fingerprint density at radius 2 is 1.87 bits per heavy atom. The summed E-state index contributed by atoms with van der Waals surface area (Å²) in [6.07, 6.45) is 9.04. The highest BCUT2D eigenvalue weighted by molar-refractivity contribution is 5.76. The lowest BCUT2D eigenvalue weighted by atomic mass is 9.98. The number of hydrogen-bond acceptors (Lipinski definition) is 5. The van der Waals surface area contributed by atoms with Crippen molar-refractivity contribution in [3.8, 4) is 0 Å². The van der Waals surface area contributed by atoms with Crippen molar-refractivity contribution in [1.82, 2.24) is 19.8 Å². The lowest BCUT2D eigenvalue weighted by Crippen LogP contribution is -2.49. The third-order valence-corrected chi connectivity index (χ3v) is 5.08. The molecule has 1 amide bonds. The number of piperazine rings is 1. The van der Waals surface area contributed by atoms with Gasteiger partial charge in [0.1, 0.15) is 0 Å². The van der Waals surface area contributed by atoms with E-state index in [0.717, 1.165) is 38.5 Å². The molecule has 0 aromatic carbocycles. The van der Waals surface area contributed by atoms with Gasteiger partial charge in [-0.25, -0.2) is 9.97 Å². The van der Waals surface area contributed by atoms with Crippen LogP contribution in [0.5, 0.6) is 0 Å². The van der Waals surface area contributed by atoms with Crippen LogP contribution < -0.4 is 4.90 Å². The third-order valence-electron chi connectivity index (χ3n) is 5.08. The molecule has 0 bridgehead atoms. The summed E-state index contributed by atoms with van der Waals surface area (Å²) in [7, 11) is 2.19. The van der Waals surface area contributed by atoms with Gasteiger partial charge in [-0.15, -0.1) is 0 Å². The summed E-state index contributed by atoms with van der Waals surface area (Å²) in [6, 6.07) is 2.41. The first kappa shape index (κ1) is 16.2.